The number of imide groups is 2. The average molecular weight is 738 g/mol. The van der Waals surface area contributed by atoms with Gasteiger partial charge in [-0.15, -0.1) is 0 Å². The number of hydrogen-bond acceptors (Lipinski definition) is 12. The van der Waals surface area contributed by atoms with Crippen LogP contribution in [-0.4, -0.2) is 126 Å². The Morgan fingerprint density at radius 3 is 2.41 bits per heavy atom. The molecule has 4 atom stereocenters. The molecule has 6 heterocycles. The molecule has 1 aliphatic carbocycles. The van der Waals surface area contributed by atoms with Gasteiger partial charge in [-0.3, -0.25) is 29.4 Å². The third-order valence-electron chi connectivity index (χ3n) is 12.3. The molecule has 1 saturated carbocycles. The van der Waals surface area contributed by atoms with Crippen molar-refractivity contribution in [2.24, 2.45) is 29.2 Å². The zero-order valence-electron chi connectivity index (χ0n) is 30.9. The topological polar surface area (TPSA) is 181 Å². The van der Waals surface area contributed by atoms with Crippen molar-refractivity contribution in [3.8, 4) is 5.75 Å². The summed E-state index contributed by atoms with van der Waals surface area (Å²) < 4.78 is 0. The van der Waals surface area contributed by atoms with Crippen LogP contribution in [0.15, 0.2) is 60.1 Å². The number of rotatable bonds is 6. The maximum absolute atomic E-state index is 13.1. The molecule has 14 nitrogen and oxygen atoms in total. The van der Waals surface area contributed by atoms with Crippen LogP contribution < -0.4 is 27.0 Å². The second kappa shape index (κ2) is 14.6. The lowest BCUT2D eigenvalue weighted by molar-refractivity contribution is -0.136. The minimum absolute atomic E-state index is 0.128. The highest BCUT2D eigenvalue weighted by atomic mass is 16.3. The summed E-state index contributed by atoms with van der Waals surface area (Å²) in [5, 5.41) is 15.4. The van der Waals surface area contributed by atoms with Gasteiger partial charge in [0, 0.05) is 82.3 Å². The normalized spacial score (nSPS) is 27.6. The fourth-order valence-corrected chi connectivity index (χ4v) is 9.12. The van der Waals surface area contributed by atoms with Crippen molar-refractivity contribution in [1.82, 2.24) is 30.2 Å². The number of carbonyl (C=O) groups excluding carboxylic acids is 4. The number of fused-ring (bicyclic) bond motifs is 3. The number of aromatic hydroxyl groups is 1. The summed E-state index contributed by atoms with van der Waals surface area (Å²) in [6, 6.07) is 11.9. The number of para-hydroxylation sites is 1. The van der Waals surface area contributed by atoms with E-state index in [-0.39, 0.29) is 24.5 Å². The third kappa shape index (κ3) is 7.12. The molecular formula is C40H51N9O5. The molecule has 4 saturated heterocycles. The Bertz CT molecular complexity index is 1900. The molecule has 5 fully saturated rings. The summed E-state index contributed by atoms with van der Waals surface area (Å²) in [4.78, 5) is 60.2. The van der Waals surface area contributed by atoms with Crippen LogP contribution in [0.4, 0.5) is 5.69 Å². The van der Waals surface area contributed by atoms with Crippen molar-refractivity contribution < 1.29 is 24.3 Å². The van der Waals surface area contributed by atoms with Crippen LogP contribution in [0.1, 0.15) is 58.4 Å². The number of likely N-dealkylation sites (tertiary alicyclic amines) is 1. The first-order valence-corrected chi connectivity index (χ1v) is 19.3. The predicted molar refractivity (Wildman–Crippen MR) is 204 cm³/mol. The van der Waals surface area contributed by atoms with Gasteiger partial charge < -0.3 is 41.5 Å². The molecule has 4 amide bonds. The molecule has 2 aromatic carbocycles. The van der Waals surface area contributed by atoms with E-state index < -0.39 is 23.8 Å². The first-order chi connectivity index (χ1) is 26.0. The van der Waals surface area contributed by atoms with E-state index in [0.717, 1.165) is 86.1 Å². The second-order valence-electron chi connectivity index (χ2n) is 16.0. The maximum Gasteiger partial charge on any atom is 0.262 e. The smallest absolute Gasteiger partial charge is 0.262 e. The van der Waals surface area contributed by atoms with Crippen LogP contribution in [-0.2, 0) is 9.59 Å². The lowest BCUT2D eigenvalue weighted by Gasteiger charge is -2.45. The number of piperidine rings is 3. The maximum atomic E-state index is 13.1. The summed E-state index contributed by atoms with van der Waals surface area (Å²) in [7, 11) is 2.13. The highest BCUT2D eigenvalue weighted by Crippen LogP contribution is 2.45. The van der Waals surface area contributed by atoms with E-state index >= 15 is 0 Å². The van der Waals surface area contributed by atoms with Gasteiger partial charge in [0.2, 0.25) is 11.8 Å². The van der Waals surface area contributed by atoms with Crippen LogP contribution >= 0.6 is 0 Å². The number of nitrogens with one attached hydrogen (secondary N) is 2. The Morgan fingerprint density at radius 1 is 0.926 bits per heavy atom. The number of phenolic OH excluding ortho intramolecular Hbond substituents is 1. The number of benzene rings is 2. The lowest BCUT2D eigenvalue weighted by atomic mass is 9.95. The van der Waals surface area contributed by atoms with E-state index in [1.54, 1.807) is 30.3 Å². The minimum Gasteiger partial charge on any atom is -0.507 e. The van der Waals surface area contributed by atoms with Crippen molar-refractivity contribution in [1.29, 1.82) is 0 Å². The van der Waals surface area contributed by atoms with Crippen molar-refractivity contribution in [2.75, 3.05) is 70.9 Å². The Kier molecular flexibility index (Phi) is 9.73. The van der Waals surface area contributed by atoms with Gasteiger partial charge in [-0.05, 0) is 86.9 Å². The van der Waals surface area contributed by atoms with Crippen molar-refractivity contribution in [3.05, 3.63) is 76.7 Å². The molecule has 6 aliphatic heterocycles. The third-order valence-corrected chi connectivity index (χ3v) is 12.3. The number of likely N-dealkylation sites (N-methyl/N-ethyl adjacent to an activating group) is 1. The van der Waals surface area contributed by atoms with E-state index in [1.165, 1.54) is 26.1 Å². The largest absolute Gasteiger partial charge is 0.507 e. The van der Waals surface area contributed by atoms with Crippen molar-refractivity contribution in [3.63, 3.8) is 0 Å². The first kappa shape index (κ1) is 35.9. The van der Waals surface area contributed by atoms with Gasteiger partial charge in [0.25, 0.3) is 11.8 Å². The molecular weight excluding hydrogens is 686 g/mol. The van der Waals surface area contributed by atoms with E-state index in [4.69, 9.17) is 11.5 Å². The second-order valence-corrected chi connectivity index (χ2v) is 16.0. The fourth-order valence-electron chi connectivity index (χ4n) is 9.12. The molecule has 286 valence electrons. The van der Waals surface area contributed by atoms with E-state index in [1.807, 2.05) is 18.2 Å². The number of hydrogen-bond donors (Lipinski definition) is 5. The number of anilines is 1. The number of carbonyl (C=O) groups is 4. The van der Waals surface area contributed by atoms with Gasteiger partial charge in [-0.1, -0.05) is 12.1 Å². The number of amides is 4. The van der Waals surface area contributed by atoms with Gasteiger partial charge in [0.15, 0.2) is 0 Å². The van der Waals surface area contributed by atoms with Gasteiger partial charge in [-0.2, -0.15) is 0 Å². The van der Waals surface area contributed by atoms with Gasteiger partial charge in [-0.25, -0.2) is 0 Å². The SMILES string of the molecule is CN1CCN2C(/C=C(\N)c3ccccc3O)=C(N)NCC2C1.O=C1CCC(N2C(=O)c3ccc(N4CCC(CN5CC6CC6C5)CC4)cc3C2=O)C(=O)N1. The van der Waals surface area contributed by atoms with Crippen LogP contribution in [0.5, 0.6) is 5.75 Å². The molecule has 0 aromatic heterocycles. The quantitative estimate of drug-likeness (QED) is 0.269. The van der Waals surface area contributed by atoms with E-state index in [2.05, 4.69) is 37.3 Å². The van der Waals surface area contributed by atoms with E-state index in [0.29, 0.717) is 34.3 Å². The molecule has 4 unspecified atom stereocenters. The van der Waals surface area contributed by atoms with Gasteiger partial charge in [0.1, 0.15) is 17.6 Å². The fraction of sp³-hybridized carbons (Fsp3) is 0.500. The van der Waals surface area contributed by atoms with Crippen LogP contribution in [0, 0.1) is 17.8 Å². The summed E-state index contributed by atoms with van der Waals surface area (Å²) in [5.74, 6) is 1.65. The molecule has 0 bridgehead atoms. The number of piperazine rings is 1. The standard InChI is InChI=1S/C24H28N4O4.C16H23N5O/c29-21-4-3-20(22(30)25-21)28-23(31)18-2-1-17(10-19(18)24(28)32)27-7-5-14(6-8-27)11-26-12-15-9-16(15)13-26;1-20-6-7-21-11(10-20)9-19-16(18)14(21)8-13(17)12-4-2-3-5-15(12)22/h1-2,10,14-16,20H,3-9,11-13H2,(H,25,29,30);2-5,8,11,19,22H,6-7,9-10,17-18H2,1H3/b;13-8-. The highest BCUT2D eigenvalue weighted by molar-refractivity contribution is 6.23. The Hall–Kier alpha value is -5.08. The lowest BCUT2D eigenvalue weighted by Crippen LogP contribution is -2.58. The molecule has 54 heavy (non-hydrogen) atoms. The highest BCUT2D eigenvalue weighted by Gasteiger charge is 2.46. The molecule has 0 radical (unpaired) electrons. The number of phenols is 1. The van der Waals surface area contributed by atoms with Crippen LogP contribution in [0.25, 0.3) is 5.70 Å². The molecule has 0 spiro atoms. The predicted octanol–water partition coefficient (Wildman–Crippen LogP) is 1.29. The monoisotopic (exact) mass is 737 g/mol. The van der Waals surface area contributed by atoms with Crippen molar-refractivity contribution in [2.45, 2.75) is 44.2 Å². The number of allylic oxidation sites excluding steroid dienone is 1. The molecule has 9 rings (SSSR count). The zero-order valence-corrected chi connectivity index (χ0v) is 30.9. The Morgan fingerprint density at radius 2 is 1.67 bits per heavy atom. The Labute approximate surface area is 315 Å². The van der Waals surface area contributed by atoms with Crippen LogP contribution in [0.2, 0.25) is 0 Å². The summed E-state index contributed by atoms with van der Waals surface area (Å²) in [5.41, 5.74) is 16.0. The van der Waals surface area contributed by atoms with E-state index in [9.17, 15) is 24.3 Å². The molecule has 14 heteroatoms. The van der Waals surface area contributed by atoms with Gasteiger partial charge >= 0.3 is 0 Å². The Balaban J connectivity index is 0.000000165. The number of nitrogens with two attached hydrogens (primary N) is 2. The minimum atomic E-state index is -0.920. The zero-order chi connectivity index (χ0) is 37.7. The van der Waals surface area contributed by atoms with Gasteiger partial charge in [0.05, 0.1) is 22.9 Å². The molecule has 2 aromatic rings. The summed E-state index contributed by atoms with van der Waals surface area (Å²) in [6.45, 7) is 9.43. The molecule has 7 aliphatic rings. The molecule has 7 N–H and O–H groups in total. The summed E-state index contributed by atoms with van der Waals surface area (Å²) >= 11 is 0. The van der Waals surface area contributed by atoms with Crippen molar-refractivity contribution >= 4 is 35.0 Å². The summed E-state index contributed by atoms with van der Waals surface area (Å²) in [6.07, 6.45) is 5.87. The number of nitrogens with zero attached hydrogens (tertiary/aromatic N) is 5. The average Bonchev–Trinajstić information content (AvgIpc) is 3.69. The van der Waals surface area contributed by atoms with Crippen LogP contribution in [0.3, 0.4) is 0 Å². The first-order valence-electron chi connectivity index (χ1n) is 19.3.